The number of fused-ring (bicyclic) bond motifs is 3. The monoisotopic (exact) mass is 266 g/mol. The van der Waals surface area contributed by atoms with E-state index in [1.165, 1.54) is 16.5 Å². The van der Waals surface area contributed by atoms with Crippen molar-refractivity contribution in [3.05, 3.63) is 54.3 Å². The molecular formula is C15H14N4O. The van der Waals surface area contributed by atoms with Gasteiger partial charge in [0.1, 0.15) is 18.4 Å². The van der Waals surface area contributed by atoms with Crippen molar-refractivity contribution in [3.8, 4) is 0 Å². The number of nitrogens with zero attached hydrogens (tertiary/aromatic N) is 3. The minimum absolute atomic E-state index is 0.700. The summed E-state index contributed by atoms with van der Waals surface area (Å²) in [6.07, 6.45) is 4.20. The number of hydrogen-bond acceptors (Lipinski definition) is 3. The molecule has 0 bridgehead atoms. The molecule has 100 valence electrons. The quantitative estimate of drug-likeness (QED) is 0.774. The summed E-state index contributed by atoms with van der Waals surface area (Å²) in [5.74, 6) is 0.736. The van der Waals surface area contributed by atoms with E-state index in [1.807, 2.05) is 4.68 Å². The van der Waals surface area contributed by atoms with Crippen LogP contribution in [-0.4, -0.2) is 26.4 Å². The number of H-pyrrole nitrogens is 1. The lowest BCUT2D eigenvalue weighted by Crippen LogP contribution is -2.07. The van der Waals surface area contributed by atoms with Crippen molar-refractivity contribution in [2.75, 3.05) is 6.61 Å². The van der Waals surface area contributed by atoms with Crippen molar-refractivity contribution in [2.24, 2.45) is 0 Å². The minimum Gasteiger partial charge on any atom is -0.492 e. The third-order valence-corrected chi connectivity index (χ3v) is 3.69. The zero-order valence-electron chi connectivity index (χ0n) is 11.0. The molecule has 20 heavy (non-hydrogen) atoms. The number of hydrogen-bond donors (Lipinski definition) is 1. The Labute approximate surface area is 115 Å². The van der Waals surface area contributed by atoms with Gasteiger partial charge >= 0.3 is 0 Å². The standard InChI is InChI=1S/C15H14N4O/c1-10-15-12(4-5-20-10)13-6-11(2-3-14(13)18-15)7-19-9-16-8-17-19/h2-3,6,8-9,18H,1,4-5,7H2. The fourth-order valence-corrected chi connectivity index (χ4v) is 2.74. The smallest absolute Gasteiger partial charge is 0.137 e. The van der Waals surface area contributed by atoms with E-state index in [4.69, 9.17) is 4.74 Å². The first-order valence-corrected chi connectivity index (χ1v) is 6.59. The molecule has 0 fully saturated rings. The van der Waals surface area contributed by atoms with Gasteiger partial charge in [0, 0.05) is 17.3 Å². The molecule has 0 unspecified atom stereocenters. The summed E-state index contributed by atoms with van der Waals surface area (Å²) >= 11 is 0. The summed E-state index contributed by atoms with van der Waals surface area (Å²) < 4.78 is 7.32. The zero-order valence-corrected chi connectivity index (χ0v) is 11.0. The van der Waals surface area contributed by atoms with Crippen LogP contribution in [0.3, 0.4) is 0 Å². The van der Waals surface area contributed by atoms with Crippen molar-refractivity contribution < 1.29 is 4.74 Å². The maximum Gasteiger partial charge on any atom is 0.137 e. The number of aromatic amines is 1. The first-order chi connectivity index (χ1) is 9.81. The van der Waals surface area contributed by atoms with E-state index in [0.717, 1.165) is 29.9 Å². The van der Waals surface area contributed by atoms with E-state index >= 15 is 0 Å². The van der Waals surface area contributed by atoms with Gasteiger partial charge in [-0.1, -0.05) is 12.6 Å². The average Bonchev–Trinajstić information content (AvgIpc) is 3.07. The summed E-state index contributed by atoms with van der Waals surface area (Å²) in [7, 11) is 0. The van der Waals surface area contributed by atoms with Gasteiger partial charge in [0.25, 0.3) is 0 Å². The summed E-state index contributed by atoms with van der Waals surface area (Å²) in [5.41, 5.74) is 4.67. The molecule has 3 aromatic rings. The lowest BCUT2D eigenvalue weighted by atomic mass is 10.0. The van der Waals surface area contributed by atoms with Gasteiger partial charge in [-0.05, 0) is 23.3 Å². The van der Waals surface area contributed by atoms with Crippen LogP contribution in [0, 0.1) is 0 Å². The molecule has 2 aromatic heterocycles. The van der Waals surface area contributed by atoms with E-state index in [0.29, 0.717) is 6.61 Å². The number of benzene rings is 1. The topological polar surface area (TPSA) is 55.7 Å². The third kappa shape index (κ3) is 1.71. The Balaban J connectivity index is 1.80. The van der Waals surface area contributed by atoms with E-state index in [2.05, 4.69) is 39.8 Å². The Hall–Kier alpha value is -2.56. The van der Waals surface area contributed by atoms with Gasteiger partial charge in [-0.2, -0.15) is 5.10 Å². The second-order valence-electron chi connectivity index (χ2n) is 4.97. The van der Waals surface area contributed by atoms with Gasteiger partial charge in [-0.15, -0.1) is 0 Å². The van der Waals surface area contributed by atoms with Crippen molar-refractivity contribution in [3.63, 3.8) is 0 Å². The Morgan fingerprint density at radius 2 is 2.35 bits per heavy atom. The molecule has 0 aliphatic carbocycles. The maximum atomic E-state index is 5.50. The summed E-state index contributed by atoms with van der Waals surface area (Å²) in [5, 5.41) is 5.39. The first-order valence-electron chi connectivity index (χ1n) is 6.59. The van der Waals surface area contributed by atoms with E-state index in [-0.39, 0.29) is 0 Å². The highest BCUT2D eigenvalue weighted by molar-refractivity contribution is 5.89. The normalized spacial score (nSPS) is 14.3. The Morgan fingerprint density at radius 3 is 3.20 bits per heavy atom. The summed E-state index contributed by atoms with van der Waals surface area (Å²) in [4.78, 5) is 7.36. The van der Waals surface area contributed by atoms with Crippen LogP contribution >= 0.6 is 0 Å². The highest BCUT2D eigenvalue weighted by atomic mass is 16.5. The molecule has 0 amide bonds. The molecule has 1 aromatic carbocycles. The van der Waals surface area contributed by atoms with E-state index < -0.39 is 0 Å². The average molecular weight is 266 g/mol. The Kier molecular flexibility index (Phi) is 2.39. The molecule has 5 nitrogen and oxygen atoms in total. The van der Waals surface area contributed by atoms with Crippen molar-refractivity contribution in [1.29, 1.82) is 0 Å². The fraction of sp³-hybridized carbons (Fsp3) is 0.200. The molecule has 1 aliphatic rings. The van der Waals surface area contributed by atoms with Gasteiger partial charge < -0.3 is 9.72 Å². The number of aromatic nitrogens is 4. The summed E-state index contributed by atoms with van der Waals surface area (Å²) in [6.45, 7) is 5.39. The van der Waals surface area contributed by atoms with E-state index in [1.54, 1.807) is 12.7 Å². The van der Waals surface area contributed by atoms with Gasteiger partial charge in [-0.25, -0.2) is 9.67 Å². The van der Waals surface area contributed by atoms with Crippen LogP contribution in [0.5, 0.6) is 0 Å². The first kappa shape index (κ1) is 11.3. The molecule has 0 saturated carbocycles. The second kappa shape index (κ2) is 4.23. The maximum absolute atomic E-state index is 5.50. The molecule has 3 heterocycles. The number of nitrogens with one attached hydrogen (secondary N) is 1. The molecule has 0 spiro atoms. The van der Waals surface area contributed by atoms with Crippen molar-refractivity contribution in [1.82, 2.24) is 19.7 Å². The van der Waals surface area contributed by atoms with Gasteiger partial charge in [0.05, 0.1) is 18.8 Å². The molecule has 0 radical (unpaired) electrons. The molecule has 1 aliphatic heterocycles. The third-order valence-electron chi connectivity index (χ3n) is 3.69. The van der Waals surface area contributed by atoms with Crippen LogP contribution in [0.1, 0.15) is 16.8 Å². The van der Waals surface area contributed by atoms with Gasteiger partial charge in [0.15, 0.2) is 0 Å². The molecular weight excluding hydrogens is 252 g/mol. The van der Waals surface area contributed by atoms with E-state index in [9.17, 15) is 0 Å². The molecule has 0 saturated heterocycles. The second-order valence-corrected chi connectivity index (χ2v) is 4.97. The Bertz CT molecular complexity index is 786. The minimum atomic E-state index is 0.700. The van der Waals surface area contributed by atoms with Crippen LogP contribution in [0.4, 0.5) is 0 Å². The van der Waals surface area contributed by atoms with Crippen LogP contribution in [-0.2, 0) is 17.7 Å². The van der Waals surface area contributed by atoms with Crippen LogP contribution in [0.15, 0.2) is 37.4 Å². The van der Waals surface area contributed by atoms with Crippen molar-refractivity contribution >= 4 is 16.7 Å². The van der Waals surface area contributed by atoms with Crippen LogP contribution in [0.25, 0.3) is 16.7 Å². The fourth-order valence-electron chi connectivity index (χ4n) is 2.74. The number of ether oxygens (including phenoxy) is 1. The molecule has 1 N–H and O–H groups in total. The summed E-state index contributed by atoms with van der Waals surface area (Å²) in [6, 6.07) is 6.42. The highest BCUT2D eigenvalue weighted by Crippen LogP contribution is 2.31. The van der Waals surface area contributed by atoms with Crippen LogP contribution < -0.4 is 0 Å². The largest absolute Gasteiger partial charge is 0.492 e. The molecule has 5 heteroatoms. The lowest BCUT2D eigenvalue weighted by molar-refractivity contribution is 0.270. The Morgan fingerprint density at radius 1 is 1.40 bits per heavy atom. The van der Waals surface area contributed by atoms with Gasteiger partial charge in [-0.3, -0.25) is 0 Å². The highest BCUT2D eigenvalue weighted by Gasteiger charge is 2.19. The number of rotatable bonds is 2. The van der Waals surface area contributed by atoms with Crippen LogP contribution in [0.2, 0.25) is 0 Å². The predicted octanol–water partition coefficient (Wildman–Crippen LogP) is 2.35. The lowest BCUT2D eigenvalue weighted by Gasteiger charge is -2.15. The molecule has 0 atom stereocenters. The van der Waals surface area contributed by atoms with Crippen molar-refractivity contribution in [2.45, 2.75) is 13.0 Å². The zero-order chi connectivity index (χ0) is 13.5. The predicted molar refractivity (Wildman–Crippen MR) is 76.1 cm³/mol. The van der Waals surface area contributed by atoms with Gasteiger partial charge in [0.2, 0.25) is 0 Å². The SMILES string of the molecule is C=C1OCCc2c1[nH]c1ccc(Cn3cncn3)cc21. The molecule has 4 rings (SSSR count).